The number of aliphatic carboxylic acids is 1. The van der Waals surface area contributed by atoms with Crippen molar-refractivity contribution >= 4 is 27.9 Å². The molecule has 0 aromatic heterocycles. The van der Waals surface area contributed by atoms with Gasteiger partial charge in [-0.1, -0.05) is 28.1 Å². The van der Waals surface area contributed by atoms with E-state index >= 15 is 0 Å². The highest BCUT2D eigenvalue weighted by Gasteiger charge is 2.28. The molecule has 7 heteroatoms. The highest BCUT2D eigenvalue weighted by Crippen LogP contribution is 2.11. The third kappa shape index (κ3) is 3.94. The Morgan fingerprint density at radius 3 is 2.75 bits per heavy atom. The summed E-state index contributed by atoms with van der Waals surface area (Å²) in [5.41, 5.74) is 0.976. The molecule has 2 N–H and O–H groups in total. The van der Waals surface area contributed by atoms with Gasteiger partial charge in [-0.3, -0.25) is 0 Å². The fourth-order valence-electron chi connectivity index (χ4n) is 1.87. The van der Waals surface area contributed by atoms with Crippen molar-refractivity contribution in [3.63, 3.8) is 0 Å². The summed E-state index contributed by atoms with van der Waals surface area (Å²) >= 11 is 3.34. The van der Waals surface area contributed by atoms with E-state index in [0.29, 0.717) is 13.1 Å². The number of nitrogens with zero attached hydrogens (tertiary/aromatic N) is 1. The summed E-state index contributed by atoms with van der Waals surface area (Å²) in [5.74, 6) is -1.05. The number of carboxylic acid groups (broad SMARTS) is 1. The number of ether oxygens (including phenoxy) is 1. The summed E-state index contributed by atoms with van der Waals surface area (Å²) in [4.78, 5) is 24.3. The van der Waals surface area contributed by atoms with Crippen molar-refractivity contribution in [2.75, 3.05) is 19.7 Å². The lowest BCUT2D eigenvalue weighted by atomic mass is 10.2. The van der Waals surface area contributed by atoms with Gasteiger partial charge in [0.25, 0.3) is 0 Å². The average molecular weight is 343 g/mol. The van der Waals surface area contributed by atoms with Gasteiger partial charge in [-0.05, 0) is 17.7 Å². The number of halogens is 1. The van der Waals surface area contributed by atoms with E-state index < -0.39 is 12.1 Å². The number of carbonyl (C=O) groups excluding carboxylic acids is 1. The number of rotatable bonds is 3. The van der Waals surface area contributed by atoms with Crippen LogP contribution in [-0.2, 0) is 16.1 Å². The molecule has 1 unspecified atom stereocenters. The Hall–Kier alpha value is -1.60. The summed E-state index contributed by atoms with van der Waals surface area (Å²) in [6.45, 7) is 1.11. The van der Waals surface area contributed by atoms with Gasteiger partial charge in [0.1, 0.15) is 0 Å². The van der Waals surface area contributed by atoms with Crippen molar-refractivity contribution in [1.29, 1.82) is 0 Å². The minimum absolute atomic E-state index is 0.0709. The zero-order chi connectivity index (χ0) is 14.5. The first-order valence-electron chi connectivity index (χ1n) is 6.18. The predicted octanol–water partition coefficient (Wildman–Crippen LogP) is 1.44. The van der Waals surface area contributed by atoms with Crippen LogP contribution in [0.2, 0.25) is 0 Å². The predicted molar refractivity (Wildman–Crippen MR) is 75.3 cm³/mol. The quantitative estimate of drug-likeness (QED) is 0.871. The number of carbonyl (C=O) groups is 2. The van der Waals surface area contributed by atoms with Crippen molar-refractivity contribution in [3.8, 4) is 0 Å². The molecule has 20 heavy (non-hydrogen) atoms. The van der Waals surface area contributed by atoms with Crippen LogP contribution in [0.4, 0.5) is 4.79 Å². The Morgan fingerprint density at radius 2 is 2.10 bits per heavy atom. The summed E-state index contributed by atoms with van der Waals surface area (Å²) in [7, 11) is 0. The molecule has 1 aromatic carbocycles. The van der Waals surface area contributed by atoms with E-state index in [1.54, 1.807) is 0 Å². The van der Waals surface area contributed by atoms with Crippen molar-refractivity contribution in [3.05, 3.63) is 34.3 Å². The summed E-state index contributed by atoms with van der Waals surface area (Å²) in [6.07, 6.45) is -0.942. The summed E-state index contributed by atoms with van der Waals surface area (Å²) in [5, 5.41) is 11.7. The van der Waals surface area contributed by atoms with Gasteiger partial charge < -0.3 is 20.1 Å². The van der Waals surface area contributed by atoms with Crippen molar-refractivity contribution in [2.45, 2.75) is 12.6 Å². The summed E-state index contributed by atoms with van der Waals surface area (Å²) < 4.78 is 6.05. The maximum absolute atomic E-state index is 12.0. The minimum Gasteiger partial charge on any atom is -0.479 e. The maximum Gasteiger partial charge on any atom is 0.334 e. The molecule has 0 bridgehead atoms. The normalized spacial score (nSPS) is 18.6. The molecule has 1 heterocycles. The zero-order valence-corrected chi connectivity index (χ0v) is 12.3. The van der Waals surface area contributed by atoms with Gasteiger partial charge in [0.2, 0.25) is 0 Å². The molecule has 1 aliphatic rings. The Bertz CT molecular complexity index is 492. The number of morpholine rings is 1. The van der Waals surface area contributed by atoms with E-state index in [1.165, 1.54) is 4.90 Å². The zero-order valence-electron chi connectivity index (χ0n) is 10.7. The Labute approximate surface area is 124 Å². The highest BCUT2D eigenvalue weighted by molar-refractivity contribution is 9.10. The fourth-order valence-corrected chi connectivity index (χ4v) is 2.14. The molecule has 1 aliphatic heterocycles. The van der Waals surface area contributed by atoms with Crippen LogP contribution in [0.25, 0.3) is 0 Å². The van der Waals surface area contributed by atoms with Crippen LogP contribution in [-0.4, -0.2) is 47.8 Å². The Kier molecular flexibility index (Phi) is 4.97. The molecule has 6 nitrogen and oxygen atoms in total. The number of hydrogen-bond acceptors (Lipinski definition) is 3. The van der Waals surface area contributed by atoms with Crippen molar-refractivity contribution < 1.29 is 19.4 Å². The van der Waals surface area contributed by atoms with E-state index in [0.717, 1.165) is 10.0 Å². The first-order valence-corrected chi connectivity index (χ1v) is 6.97. The fraction of sp³-hybridized carbons (Fsp3) is 0.385. The van der Waals surface area contributed by atoms with Crippen LogP contribution >= 0.6 is 15.9 Å². The number of hydrogen-bond donors (Lipinski definition) is 2. The highest BCUT2D eigenvalue weighted by atomic mass is 79.9. The number of amides is 2. The van der Waals surface area contributed by atoms with Crippen LogP contribution in [0, 0.1) is 0 Å². The van der Waals surface area contributed by atoms with Gasteiger partial charge in [0.15, 0.2) is 6.10 Å². The maximum atomic E-state index is 12.0. The second-order valence-electron chi connectivity index (χ2n) is 4.43. The molecule has 108 valence electrons. The van der Waals surface area contributed by atoms with E-state index in [2.05, 4.69) is 21.2 Å². The van der Waals surface area contributed by atoms with Crippen LogP contribution in [0.15, 0.2) is 28.7 Å². The minimum atomic E-state index is -1.05. The van der Waals surface area contributed by atoms with Gasteiger partial charge in [-0.25, -0.2) is 9.59 Å². The molecule has 0 saturated carbocycles. The molecule has 1 aromatic rings. The second kappa shape index (κ2) is 6.71. The van der Waals surface area contributed by atoms with E-state index in [4.69, 9.17) is 9.84 Å². The molecule has 1 atom stereocenters. The third-order valence-electron chi connectivity index (χ3n) is 2.99. The topological polar surface area (TPSA) is 78.9 Å². The van der Waals surface area contributed by atoms with E-state index in [-0.39, 0.29) is 19.2 Å². The van der Waals surface area contributed by atoms with Crippen LogP contribution < -0.4 is 5.32 Å². The number of urea groups is 1. The number of nitrogens with one attached hydrogen (secondary N) is 1. The molecule has 2 amide bonds. The monoisotopic (exact) mass is 342 g/mol. The van der Waals surface area contributed by atoms with Crippen molar-refractivity contribution in [2.24, 2.45) is 0 Å². The lowest BCUT2D eigenvalue weighted by molar-refractivity contribution is -0.154. The Balaban J connectivity index is 1.85. The molecule has 1 fully saturated rings. The SMILES string of the molecule is O=C(O)C1CN(C(=O)NCc2ccc(Br)cc2)CCO1. The standard InChI is InChI=1S/C13H15BrN2O4/c14-10-3-1-9(2-4-10)7-15-13(19)16-5-6-20-11(8-16)12(17)18/h1-4,11H,5-8H2,(H,15,19)(H,17,18). The van der Waals surface area contributed by atoms with Gasteiger partial charge in [-0.2, -0.15) is 0 Å². The molecule has 1 saturated heterocycles. The van der Waals surface area contributed by atoms with E-state index in [1.807, 2.05) is 24.3 Å². The molecular formula is C13H15BrN2O4. The van der Waals surface area contributed by atoms with Gasteiger partial charge in [0.05, 0.1) is 13.2 Å². The van der Waals surface area contributed by atoms with E-state index in [9.17, 15) is 9.59 Å². The lowest BCUT2D eigenvalue weighted by Gasteiger charge is -2.30. The first-order chi connectivity index (χ1) is 9.56. The summed E-state index contributed by atoms with van der Waals surface area (Å²) in [6, 6.07) is 7.34. The first kappa shape index (κ1) is 14.8. The molecule has 0 spiro atoms. The molecule has 0 aliphatic carbocycles. The average Bonchev–Trinajstić information content (AvgIpc) is 2.46. The largest absolute Gasteiger partial charge is 0.479 e. The molecule has 2 rings (SSSR count). The second-order valence-corrected chi connectivity index (χ2v) is 5.34. The van der Waals surface area contributed by atoms with Crippen LogP contribution in [0.1, 0.15) is 5.56 Å². The van der Waals surface area contributed by atoms with Crippen LogP contribution in [0.5, 0.6) is 0 Å². The van der Waals surface area contributed by atoms with Gasteiger partial charge in [0, 0.05) is 17.6 Å². The van der Waals surface area contributed by atoms with Gasteiger partial charge in [-0.15, -0.1) is 0 Å². The van der Waals surface area contributed by atoms with Gasteiger partial charge >= 0.3 is 12.0 Å². The lowest BCUT2D eigenvalue weighted by Crippen LogP contribution is -2.51. The smallest absolute Gasteiger partial charge is 0.334 e. The third-order valence-corrected chi connectivity index (χ3v) is 3.51. The molecule has 0 radical (unpaired) electrons. The number of benzene rings is 1. The van der Waals surface area contributed by atoms with Crippen molar-refractivity contribution in [1.82, 2.24) is 10.2 Å². The molecular weight excluding hydrogens is 328 g/mol. The Morgan fingerprint density at radius 1 is 1.40 bits per heavy atom. The van der Waals surface area contributed by atoms with Crippen LogP contribution in [0.3, 0.4) is 0 Å². The number of carboxylic acids is 1.